The number of thiophene rings is 1. The molecule has 0 fully saturated rings. The summed E-state index contributed by atoms with van der Waals surface area (Å²) in [5.41, 5.74) is 3.22. The number of fused-ring (bicyclic) bond motifs is 3. The minimum atomic E-state index is 0.0163. The summed E-state index contributed by atoms with van der Waals surface area (Å²) in [6, 6.07) is 15.2. The topological polar surface area (TPSA) is 34.9 Å². The molecule has 0 unspecified atom stereocenters. The maximum absolute atomic E-state index is 14.0. The van der Waals surface area contributed by atoms with Gasteiger partial charge in [-0.25, -0.2) is 4.98 Å². The molecule has 2 aromatic heterocycles. The Hall–Kier alpha value is -1.79. The maximum Gasteiger partial charge on any atom is 0.267 e. The van der Waals surface area contributed by atoms with Crippen molar-refractivity contribution < 1.29 is 0 Å². The summed E-state index contributed by atoms with van der Waals surface area (Å²) in [6.07, 6.45) is 3.07. The van der Waals surface area contributed by atoms with E-state index in [9.17, 15) is 4.79 Å². The number of rotatable bonds is 4. The van der Waals surface area contributed by atoms with Crippen molar-refractivity contribution in [2.24, 2.45) is 11.3 Å². The average molecular weight is 530 g/mol. The van der Waals surface area contributed by atoms with Crippen LogP contribution in [-0.4, -0.2) is 9.55 Å². The van der Waals surface area contributed by atoms with Gasteiger partial charge in [0.1, 0.15) is 4.83 Å². The minimum absolute atomic E-state index is 0.0163. The van der Waals surface area contributed by atoms with E-state index in [-0.39, 0.29) is 11.0 Å². The lowest BCUT2D eigenvalue weighted by Crippen LogP contribution is -2.27. The summed E-state index contributed by atoms with van der Waals surface area (Å²) < 4.78 is 1.76. The van der Waals surface area contributed by atoms with Gasteiger partial charge in [-0.2, -0.15) is 0 Å². The van der Waals surface area contributed by atoms with Crippen LogP contribution in [0.3, 0.4) is 0 Å². The highest BCUT2D eigenvalue weighted by Gasteiger charge is 2.32. The van der Waals surface area contributed by atoms with E-state index in [4.69, 9.17) is 28.2 Å². The third kappa shape index (κ3) is 4.56. The van der Waals surface area contributed by atoms with Crippen molar-refractivity contribution in [2.75, 3.05) is 0 Å². The molecule has 7 heteroatoms. The average Bonchev–Trinajstić information content (AvgIpc) is 3.17. The Balaban J connectivity index is 1.63. The molecular weight excluding hydrogens is 503 g/mol. The van der Waals surface area contributed by atoms with Crippen LogP contribution in [0.5, 0.6) is 0 Å². The molecule has 0 N–H and O–H groups in total. The van der Waals surface area contributed by atoms with Gasteiger partial charge in [-0.1, -0.05) is 73.9 Å². The normalized spacial score (nSPS) is 16.1. The van der Waals surface area contributed by atoms with Crippen LogP contribution in [-0.2, 0) is 18.6 Å². The van der Waals surface area contributed by atoms with E-state index >= 15 is 0 Å². The van der Waals surface area contributed by atoms with Gasteiger partial charge in [0.25, 0.3) is 5.56 Å². The largest absolute Gasteiger partial charge is 0.268 e. The first-order valence-electron chi connectivity index (χ1n) is 11.4. The lowest BCUT2D eigenvalue weighted by Gasteiger charge is -2.33. The van der Waals surface area contributed by atoms with Gasteiger partial charge >= 0.3 is 0 Å². The van der Waals surface area contributed by atoms with Crippen molar-refractivity contribution in [1.82, 2.24) is 9.55 Å². The fraction of sp³-hybridized carbons (Fsp3) is 0.333. The van der Waals surface area contributed by atoms with Crippen molar-refractivity contribution in [3.63, 3.8) is 0 Å². The van der Waals surface area contributed by atoms with Crippen LogP contribution in [0.2, 0.25) is 10.0 Å². The zero-order valence-corrected chi connectivity index (χ0v) is 22.5. The molecule has 1 aliphatic rings. The second kappa shape index (κ2) is 9.34. The Kier molecular flexibility index (Phi) is 6.58. The Morgan fingerprint density at radius 3 is 2.65 bits per heavy atom. The Bertz CT molecular complexity index is 1420. The first-order valence-corrected chi connectivity index (χ1v) is 14.0. The third-order valence-corrected chi connectivity index (χ3v) is 9.40. The van der Waals surface area contributed by atoms with Gasteiger partial charge in [0.2, 0.25) is 0 Å². The summed E-state index contributed by atoms with van der Waals surface area (Å²) in [4.78, 5) is 21.2. The van der Waals surface area contributed by atoms with E-state index < -0.39 is 0 Å². The first kappa shape index (κ1) is 23.9. The molecule has 2 heterocycles. The molecule has 2 aromatic carbocycles. The number of benzene rings is 2. The predicted octanol–water partition coefficient (Wildman–Crippen LogP) is 8.20. The van der Waals surface area contributed by atoms with Gasteiger partial charge in [-0.05, 0) is 72.1 Å². The fourth-order valence-electron chi connectivity index (χ4n) is 4.64. The standard InChI is InChI=1S/C27H26Cl2N2OS2/c1-27(2,3)17-9-11-20-22(14-17)34-24-23(20)25(32)31(19-7-5-4-6-8-19)26(30-24)33-15-16-13-18(28)10-12-21(16)29/h4-8,10,12-13,17H,9,11,14-15H2,1-3H3/t17-/m0/s1. The first-order chi connectivity index (χ1) is 16.2. The molecule has 1 aliphatic carbocycles. The number of nitrogens with zero attached hydrogens (tertiary/aromatic N) is 2. The highest BCUT2D eigenvalue weighted by atomic mass is 35.5. The van der Waals surface area contributed by atoms with Crippen molar-refractivity contribution in [3.05, 3.63) is 84.9 Å². The lowest BCUT2D eigenvalue weighted by molar-refractivity contribution is 0.218. The van der Waals surface area contributed by atoms with Crippen LogP contribution in [0.25, 0.3) is 15.9 Å². The van der Waals surface area contributed by atoms with E-state index in [1.54, 1.807) is 28.0 Å². The minimum Gasteiger partial charge on any atom is -0.268 e. The summed E-state index contributed by atoms with van der Waals surface area (Å²) in [5, 5.41) is 2.77. The van der Waals surface area contributed by atoms with Crippen molar-refractivity contribution >= 4 is 56.5 Å². The molecule has 0 spiro atoms. The monoisotopic (exact) mass is 528 g/mol. The summed E-state index contributed by atoms with van der Waals surface area (Å²) >= 11 is 15.8. The van der Waals surface area contributed by atoms with Gasteiger partial charge in [-0.15, -0.1) is 11.3 Å². The molecule has 4 aromatic rings. The molecule has 0 radical (unpaired) electrons. The molecule has 0 bridgehead atoms. The van der Waals surface area contributed by atoms with E-state index in [0.717, 1.165) is 40.7 Å². The third-order valence-electron chi connectivity index (χ3n) is 6.66. The fourth-order valence-corrected chi connectivity index (χ4v) is 7.45. The molecule has 176 valence electrons. The summed E-state index contributed by atoms with van der Waals surface area (Å²) in [7, 11) is 0. The van der Waals surface area contributed by atoms with Crippen molar-refractivity contribution in [2.45, 2.75) is 50.9 Å². The Morgan fingerprint density at radius 2 is 1.91 bits per heavy atom. The zero-order valence-electron chi connectivity index (χ0n) is 19.4. The molecular formula is C27H26Cl2N2OS2. The molecule has 0 saturated heterocycles. The summed E-state index contributed by atoms with van der Waals surface area (Å²) in [6.45, 7) is 6.94. The Morgan fingerprint density at radius 1 is 1.15 bits per heavy atom. The SMILES string of the molecule is CC(C)(C)[C@H]1CCc2c(sc3nc(SCc4cc(Cl)ccc4Cl)n(-c4ccccc4)c(=O)c23)C1. The zero-order chi connectivity index (χ0) is 24.0. The molecule has 3 nitrogen and oxygen atoms in total. The van der Waals surface area contributed by atoms with E-state index in [1.807, 2.05) is 36.4 Å². The van der Waals surface area contributed by atoms with Crippen LogP contribution < -0.4 is 5.56 Å². The molecule has 5 rings (SSSR count). The molecule has 0 saturated carbocycles. The second-order valence-electron chi connectivity index (χ2n) is 9.88. The van der Waals surface area contributed by atoms with Gasteiger partial charge in [0.15, 0.2) is 5.16 Å². The van der Waals surface area contributed by atoms with E-state index in [0.29, 0.717) is 26.9 Å². The van der Waals surface area contributed by atoms with Crippen LogP contribution in [0.4, 0.5) is 0 Å². The molecule has 0 aliphatic heterocycles. The second-order valence-corrected chi connectivity index (χ2v) is 12.8. The number of halogens is 2. The quantitative estimate of drug-likeness (QED) is 0.197. The number of aryl methyl sites for hydroxylation is 1. The van der Waals surface area contributed by atoms with Gasteiger partial charge in [0.05, 0.1) is 11.1 Å². The van der Waals surface area contributed by atoms with Crippen molar-refractivity contribution in [1.29, 1.82) is 0 Å². The predicted molar refractivity (Wildman–Crippen MR) is 146 cm³/mol. The number of hydrogen-bond donors (Lipinski definition) is 0. The molecule has 0 amide bonds. The Labute approximate surface area is 218 Å². The van der Waals surface area contributed by atoms with Gasteiger partial charge in [-0.3, -0.25) is 9.36 Å². The van der Waals surface area contributed by atoms with Crippen molar-refractivity contribution in [3.8, 4) is 5.69 Å². The summed E-state index contributed by atoms with van der Waals surface area (Å²) in [5.74, 6) is 1.18. The number of aromatic nitrogens is 2. The maximum atomic E-state index is 14.0. The highest BCUT2D eigenvalue weighted by molar-refractivity contribution is 7.98. The smallest absolute Gasteiger partial charge is 0.267 e. The van der Waals surface area contributed by atoms with Crippen LogP contribution in [0, 0.1) is 11.3 Å². The van der Waals surface area contributed by atoms with E-state index in [2.05, 4.69) is 20.8 Å². The van der Waals surface area contributed by atoms with Gasteiger partial charge < -0.3 is 0 Å². The number of para-hydroxylation sites is 1. The molecule has 1 atom stereocenters. The lowest BCUT2D eigenvalue weighted by atomic mass is 9.72. The van der Waals surface area contributed by atoms with Gasteiger partial charge in [0, 0.05) is 20.7 Å². The number of thioether (sulfide) groups is 1. The number of hydrogen-bond acceptors (Lipinski definition) is 4. The van der Waals surface area contributed by atoms with Crippen LogP contribution >= 0.6 is 46.3 Å². The van der Waals surface area contributed by atoms with E-state index in [1.165, 1.54) is 22.2 Å². The van der Waals surface area contributed by atoms with Crippen LogP contribution in [0.1, 0.15) is 43.2 Å². The molecule has 34 heavy (non-hydrogen) atoms. The van der Waals surface area contributed by atoms with Crippen LogP contribution in [0.15, 0.2) is 58.5 Å². The highest BCUT2D eigenvalue weighted by Crippen LogP contribution is 2.42.